The molecule has 0 aliphatic rings. The van der Waals surface area contributed by atoms with Crippen LogP contribution in [0.5, 0.6) is 0 Å². The fourth-order valence-electron chi connectivity index (χ4n) is 0.703. The van der Waals surface area contributed by atoms with Crippen LogP contribution in [0.25, 0.3) is 5.53 Å². The van der Waals surface area contributed by atoms with Gasteiger partial charge in [0, 0.05) is 14.0 Å². The molecule has 0 N–H and O–H groups in total. The topological polar surface area (TPSA) is 97.1 Å². The molecule has 0 unspecified atom stereocenters. The highest BCUT2D eigenvalue weighted by molar-refractivity contribution is 6.41. The third-order valence-corrected chi connectivity index (χ3v) is 1.27. The summed E-state index contributed by atoms with van der Waals surface area (Å²) in [5.74, 6) is -0.250. The van der Waals surface area contributed by atoms with Crippen molar-refractivity contribution < 1.29 is 9.58 Å². The molecule has 0 aliphatic carbocycles. The average molecular weight is 166 g/mol. The number of Topliss-reactive ketones (excluding diaryl/α,β-unsaturated/α-hetero) is 1. The number of nitrogens with zero attached hydrogens (tertiary/aromatic N) is 6. The molecule has 1 aromatic heterocycles. The van der Waals surface area contributed by atoms with E-state index in [-0.39, 0.29) is 11.5 Å². The molecule has 7 nitrogen and oxygen atoms in total. The van der Waals surface area contributed by atoms with E-state index in [9.17, 15) is 4.79 Å². The van der Waals surface area contributed by atoms with E-state index in [0.717, 1.165) is 0 Å². The Hall–Kier alpha value is -1.88. The summed E-state index contributed by atoms with van der Waals surface area (Å²) in [6.07, 6.45) is 0. The van der Waals surface area contributed by atoms with Crippen LogP contribution in [0, 0.1) is 0 Å². The quantitative estimate of drug-likeness (QED) is 0.313. The fraction of sp³-hybridized carbons (Fsp3) is 0.400. The zero-order valence-corrected chi connectivity index (χ0v) is 6.59. The van der Waals surface area contributed by atoms with E-state index in [1.54, 1.807) is 7.05 Å². The summed E-state index contributed by atoms with van der Waals surface area (Å²) in [5, 5.41) is 10.3. The second kappa shape index (κ2) is 3.02. The molecule has 0 amide bonds. The van der Waals surface area contributed by atoms with E-state index >= 15 is 0 Å². The minimum Gasteiger partial charge on any atom is -0.360 e. The fourth-order valence-corrected chi connectivity index (χ4v) is 0.703. The van der Waals surface area contributed by atoms with Gasteiger partial charge < -0.3 is 5.53 Å². The Labute approximate surface area is 67.6 Å². The summed E-state index contributed by atoms with van der Waals surface area (Å²) in [4.78, 5) is 13.6. The zero-order valence-electron chi connectivity index (χ0n) is 6.59. The Kier molecular flexibility index (Phi) is 2.07. The molecule has 62 valence electrons. The SMILES string of the molecule is CC(=O)C(=[N+]=[N-])c1nnnn1C. The predicted molar refractivity (Wildman–Crippen MR) is 37.2 cm³/mol. The van der Waals surface area contributed by atoms with Gasteiger partial charge >= 0.3 is 5.71 Å². The summed E-state index contributed by atoms with van der Waals surface area (Å²) in [5.41, 5.74) is 8.30. The van der Waals surface area contributed by atoms with Gasteiger partial charge in [-0.05, 0) is 10.4 Å². The second-order valence-electron chi connectivity index (χ2n) is 2.13. The smallest absolute Gasteiger partial charge is 0.360 e. The van der Waals surface area contributed by atoms with Crippen molar-refractivity contribution in [3.05, 3.63) is 11.4 Å². The van der Waals surface area contributed by atoms with Gasteiger partial charge in [-0.25, -0.2) is 4.68 Å². The van der Waals surface area contributed by atoms with Gasteiger partial charge in [0.25, 0.3) is 5.82 Å². The van der Waals surface area contributed by atoms with Gasteiger partial charge in [0.05, 0.1) is 0 Å². The molecule has 7 heteroatoms. The van der Waals surface area contributed by atoms with Crippen molar-refractivity contribution >= 4 is 11.5 Å². The molecule has 1 aromatic rings. The van der Waals surface area contributed by atoms with Crippen LogP contribution in [-0.4, -0.2) is 36.5 Å². The highest BCUT2D eigenvalue weighted by atomic mass is 16.1. The van der Waals surface area contributed by atoms with Crippen LogP contribution in [0.15, 0.2) is 0 Å². The number of hydrogen-bond acceptors (Lipinski definition) is 4. The monoisotopic (exact) mass is 166 g/mol. The Bertz CT molecular complexity index is 360. The molecule has 0 saturated carbocycles. The molecule has 0 spiro atoms. The summed E-state index contributed by atoms with van der Waals surface area (Å²) >= 11 is 0. The van der Waals surface area contributed by atoms with Gasteiger partial charge in [0.15, 0.2) is 0 Å². The number of aromatic nitrogens is 4. The first kappa shape index (κ1) is 8.22. The molecule has 0 fully saturated rings. The number of tetrazole rings is 1. The lowest BCUT2D eigenvalue weighted by Crippen LogP contribution is -2.18. The highest BCUT2D eigenvalue weighted by Gasteiger charge is 2.24. The highest BCUT2D eigenvalue weighted by Crippen LogP contribution is 1.90. The Morgan fingerprint density at radius 3 is 2.67 bits per heavy atom. The summed E-state index contributed by atoms with van der Waals surface area (Å²) in [6.45, 7) is 1.27. The van der Waals surface area contributed by atoms with E-state index in [2.05, 4.69) is 20.3 Å². The van der Waals surface area contributed by atoms with Crippen LogP contribution in [0.2, 0.25) is 0 Å². The largest absolute Gasteiger partial charge is 0.403 e. The Balaban J connectivity index is 3.22. The minimum atomic E-state index is -0.393. The molecule has 0 aliphatic heterocycles. The van der Waals surface area contributed by atoms with Gasteiger partial charge in [-0.15, -0.1) is 5.10 Å². The maximum Gasteiger partial charge on any atom is 0.403 e. The van der Waals surface area contributed by atoms with Gasteiger partial charge in [0.1, 0.15) is 0 Å². The number of aryl methyl sites for hydroxylation is 1. The van der Waals surface area contributed by atoms with Crippen molar-refractivity contribution in [2.75, 3.05) is 0 Å². The van der Waals surface area contributed by atoms with Crippen LogP contribution < -0.4 is 0 Å². The van der Waals surface area contributed by atoms with E-state index in [1.165, 1.54) is 11.6 Å². The van der Waals surface area contributed by atoms with Crippen LogP contribution in [-0.2, 0) is 11.8 Å². The number of carbonyl (C=O) groups excluding carboxylic acids is 1. The van der Waals surface area contributed by atoms with Crippen molar-refractivity contribution in [1.29, 1.82) is 0 Å². The van der Waals surface area contributed by atoms with E-state index < -0.39 is 5.78 Å². The number of rotatable bonds is 2. The van der Waals surface area contributed by atoms with Gasteiger partial charge in [-0.1, -0.05) is 0 Å². The molecular formula is C5H6N6O. The molecule has 1 heterocycles. The van der Waals surface area contributed by atoms with Gasteiger partial charge in [-0.3, -0.25) is 4.79 Å². The van der Waals surface area contributed by atoms with Crippen LogP contribution in [0.4, 0.5) is 0 Å². The maximum absolute atomic E-state index is 10.8. The standard InChI is InChI=1S/C5H6N6O/c1-3(12)4(7-6)5-8-9-10-11(5)2/h1-2H3. The Morgan fingerprint density at radius 1 is 1.67 bits per heavy atom. The molecule has 0 bridgehead atoms. The summed E-state index contributed by atoms with van der Waals surface area (Å²) < 4.78 is 1.25. The van der Waals surface area contributed by atoms with E-state index in [0.29, 0.717) is 0 Å². The number of hydrogen-bond donors (Lipinski definition) is 0. The van der Waals surface area contributed by atoms with Crippen molar-refractivity contribution in [1.82, 2.24) is 20.2 Å². The molecule has 0 saturated heterocycles. The zero-order chi connectivity index (χ0) is 9.14. The van der Waals surface area contributed by atoms with E-state index in [4.69, 9.17) is 5.53 Å². The lowest BCUT2D eigenvalue weighted by Gasteiger charge is -1.87. The van der Waals surface area contributed by atoms with Crippen molar-refractivity contribution in [2.45, 2.75) is 6.92 Å². The molecule has 1 rings (SSSR count). The third kappa shape index (κ3) is 1.25. The molecule has 0 radical (unpaired) electrons. The normalized spacial score (nSPS) is 9.17. The lowest BCUT2D eigenvalue weighted by molar-refractivity contribution is -0.115. The number of ketones is 1. The summed E-state index contributed by atoms with van der Waals surface area (Å²) in [6, 6.07) is 0. The van der Waals surface area contributed by atoms with Crippen molar-refractivity contribution in [2.24, 2.45) is 7.05 Å². The first-order valence-corrected chi connectivity index (χ1v) is 3.12. The van der Waals surface area contributed by atoms with Gasteiger partial charge in [-0.2, -0.15) is 4.79 Å². The first-order valence-electron chi connectivity index (χ1n) is 3.12. The predicted octanol–water partition coefficient (Wildman–Crippen LogP) is -1.18. The third-order valence-electron chi connectivity index (χ3n) is 1.27. The molecule has 12 heavy (non-hydrogen) atoms. The average Bonchev–Trinajstić information content (AvgIpc) is 2.38. The minimum absolute atomic E-state index is 0.144. The summed E-state index contributed by atoms with van der Waals surface area (Å²) in [7, 11) is 1.55. The second-order valence-corrected chi connectivity index (χ2v) is 2.13. The maximum atomic E-state index is 10.8. The molecular weight excluding hydrogens is 160 g/mol. The Morgan fingerprint density at radius 2 is 2.33 bits per heavy atom. The van der Waals surface area contributed by atoms with Crippen LogP contribution in [0.1, 0.15) is 12.7 Å². The van der Waals surface area contributed by atoms with Gasteiger partial charge in [0.2, 0.25) is 5.78 Å². The molecule has 0 atom stereocenters. The first-order chi connectivity index (χ1) is 5.66. The van der Waals surface area contributed by atoms with Crippen LogP contribution >= 0.6 is 0 Å². The van der Waals surface area contributed by atoms with Crippen LogP contribution in [0.3, 0.4) is 0 Å². The lowest BCUT2D eigenvalue weighted by atomic mass is 10.2. The van der Waals surface area contributed by atoms with E-state index in [1.807, 2.05) is 0 Å². The number of carbonyl (C=O) groups is 1. The van der Waals surface area contributed by atoms with Crippen molar-refractivity contribution in [3.63, 3.8) is 0 Å². The van der Waals surface area contributed by atoms with Crippen molar-refractivity contribution in [3.8, 4) is 0 Å². The molecule has 0 aromatic carbocycles.